The number of nitrogens with one attached hydrogen (secondary N) is 1. The van der Waals surface area contributed by atoms with E-state index in [1.165, 1.54) is 64.2 Å². The van der Waals surface area contributed by atoms with Crippen LogP contribution in [0.1, 0.15) is 174 Å². The Labute approximate surface area is 375 Å². The first kappa shape index (κ1) is 58.4. The van der Waals surface area contributed by atoms with Crippen LogP contribution in [-0.2, 0) is 18.4 Å². The van der Waals surface area contributed by atoms with E-state index in [4.69, 9.17) is 9.05 Å². The molecule has 0 saturated heterocycles. The number of carbonyl (C=O) groups excluding carboxylic acids is 1. The van der Waals surface area contributed by atoms with Gasteiger partial charge < -0.3 is 19.8 Å². The van der Waals surface area contributed by atoms with Crippen LogP contribution in [-0.4, -0.2) is 73.4 Å². The zero-order valence-corrected chi connectivity index (χ0v) is 40.5. The second-order valence-electron chi connectivity index (χ2n) is 17.1. The topological polar surface area (TPSA) is 105 Å². The lowest BCUT2D eigenvalue weighted by Crippen LogP contribution is -2.45. The van der Waals surface area contributed by atoms with Crippen LogP contribution in [0, 0.1) is 0 Å². The molecule has 3 atom stereocenters. The van der Waals surface area contributed by atoms with Gasteiger partial charge in [-0.3, -0.25) is 13.8 Å². The van der Waals surface area contributed by atoms with Crippen molar-refractivity contribution in [2.75, 3.05) is 40.9 Å². The molecule has 8 nitrogen and oxygen atoms in total. The Morgan fingerprint density at radius 3 is 1.51 bits per heavy atom. The first-order chi connectivity index (χ1) is 29.5. The minimum absolute atomic E-state index is 0.0475. The van der Waals surface area contributed by atoms with Gasteiger partial charge in [-0.1, -0.05) is 182 Å². The average Bonchev–Trinajstić information content (AvgIpc) is 3.21. The normalized spacial score (nSPS) is 15.1. The van der Waals surface area contributed by atoms with Crippen molar-refractivity contribution in [2.45, 2.75) is 187 Å². The Hall–Kier alpha value is -2.58. The van der Waals surface area contributed by atoms with Gasteiger partial charge in [0.1, 0.15) is 13.2 Å². The summed E-state index contributed by atoms with van der Waals surface area (Å²) in [6.07, 6.45) is 60.5. The third-order valence-electron chi connectivity index (χ3n) is 10.0. The minimum Gasteiger partial charge on any atom is -0.387 e. The summed E-state index contributed by atoms with van der Waals surface area (Å²) in [5.41, 5.74) is 0. The van der Waals surface area contributed by atoms with E-state index in [2.05, 4.69) is 104 Å². The molecule has 0 aromatic carbocycles. The number of hydrogen-bond donors (Lipinski definition) is 3. The molecule has 0 spiro atoms. The van der Waals surface area contributed by atoms with E-state index >= 15 is 0 Å². The second kappa shape index (κ2) is 42.7. The number of amides is 1. The molecule has 0 saturated carbocycles. The third kappa shape index (κ3) is 45.3. The van der Waals surface area contributed by atoms with Crippen LogP contribution >= 0.6 is 7.82 Å². The predicted molar refractivity (Wildman–Crippen MR) is 262 cm³/mol. The van der Waals surface area contributed by atoms with Crippen molar-refractivity contribution in [3.8, 4) is 0 Å². The molecule has 0 aliphatic heterocycles. The molecule has 0 radical (unpaired) electrons. The zero-order valence-electron chi connectivity index (χ0n) is 39.6. The number of likely N-dealkylation sites (N-methyl/N-ethyl adjacent to an activating group) is 1. The fourth-order valence-corrected chi connectivity index (χ4v) is 6.97. The standard InChI is InChI=1S/C52H91N2O6P/c1-6-8-10-12-14-16-18-20-22-23-24-25-26-27-28-29-30-31-32-34-36-38-40-42-44-46-52(56)53-50(49-60-61(57,58)59-48-47-54(3,4)5)51(55)45-43-41-39-37-35-33-21-19-17-15-13-11-9-7-2/h8,10,14,16,20,22,24-25,27-28,30-31,35,37,43,45,50-51,55H,6-7,9,11-13,15,17-19,21,23,26,29,32-34,36,38-42,44,46-49H2,1-5H3,(H-,53,56,57,58)/p+1/b10-8-,16-14-,22-20-,25-24-,28-27-,31-30-,37-35+,45-43+. The summed E-state index contributed by atoms with van der Waals surface area (Å²) >= 11 is 0. The average molecular weight is 872 g/mol. The van der Waals surface area contributed by atoms with E-state index < -0.39 is 20.0 Å². The lowest BCUT2D eigenvalue weighted by atomic mass is 10.1. The van der Waals surface area contributed by atoms with E-state index in [0.717, 1.165) is 89.9 Å². The molecule has 0 heterocycles. The maximum atomic E-state index is 12.9. The van der Waals surface area contributed by atoms with Gasteiger partial charge in [0.05, 0.1) is 39.9 Å². The Morgan fingerprint density at radius 1 is 0.574 bits per heavy atom. The fourth-order valence-electron chi connectivity index (χ4n) is 6.23. The third-order valence-corrected chi connectivity index (χ3v) is 11.0. The summed E-state index contributed by atoms with van der Waals surface area (Å²) in [5.74, 6) is -0.207. The van der Waals surface area contributed by atoms with E-state index in [-0.39, 0.29) is 19.1 Å². The van der Waals surface area contributed by atoms with Crippen molar-refractivity contribution in [1.82, 2.24) is 5.32 Å². The molecule has 3 N–H and O–H groups in total. The highest BCUT2D eigenvalue weighted by Gasteiger charge is 2.27. The number of quaternary nitrogens is 1. The highest BCUT2D eigenvalue weighted by molar-refractivity contribution is 7.47. The van der Waals surface area contributed by atoms with Gasteiger partial charge >= 0.3 is 7.82 Å². The lowest BCUT2D eigenvalue weighted by molar-refractivity contribution is -0.870. The number of carbonyl (C=O) groups is 1. The molecule has 3 unspecified atom stereocenters. The first-order valence-electron chi connectivity index (χ1n) is 24.1. The van der Waals surface area contributed by atoms with Crippen LogP contribution in [0.3, 0.4) is 0 Å². The molecule has 0 rings (SSSR count). The Morgan fingerprint density at radius 2 is 1.00 bits per heavy atom. The lowest BCUT2D eigenvalue weighted by Gasteiger charge is -2.25. The Bertz CT molecular complexity index is 1310. The van der Waals surface area contributed by atoms with Gasteiger partial charge in [0, 0.05) is 6.42 Å². The zero-order chi connectivity index (χ0) is 45.0. The maximum Gasteiger partial charge on any atom is 0.472 e. The number of nitrogens with zero attached hydrogens (tertiary/aromatic N) is 1. The van der Waals surface area contributed by atoms with Gasteiger partial charge in [0.25, 0.3) is 0 Å². The molecule has 0 aliphatic rings. The van der Waals surface area contributed by atoms with Crippen molar-refractivity contribution in [1.29, 1.82) is 0 Å². The second-order valence-corrected chi connectivity index (χ2v) is 18.5. The fraction of sp³-hybridized carbons (Fsp3) is 0.673. The van der Waals surface area contributed by atoms with Crippen LogP contribution < -0.4 is 5.32 Å². The van der Waals surface area contributed by atoms with Crippen molar-refractivity contribution < 1.29 is 32.9 Å². The summed E-state index contributed by atoms with van der Waals surface area (Å²) in [6, 6.07) is -0.877. The molecular formula is C52H92N2O6P+. The summed E-state index contributed by atoms with van der Waals surface area (Å²) in [6.45, 7) is 4.64. The Balaban J connectivity index is 4.41. The minimum atomic E-state index is -4.36. The van der Waals surface area contributed by atoms with Crippen LogP contribution in [0.2, 0.25) is 0 Å². The molecule has 0 aromatic rings. The van der Waals surface area contributed by atoms with Crippen LogP contribution in [0.5, 0.6) is 0 Å². The molecule has 61 heavy (non-hydrogen) atoms. The number of aliphatic hydroxyl groups excluding tert-OH is 1. The van der Waals surface area contributed by atoms with E-state index in [0.29, 0.717) is 17.4 Å². The molecule has 1 amide bonds. The molecular weight excluding hydrogens is 780 g/mol. The molecule has 0 aromatic heterocycles. The quantitative estimate of drug-likeness (QED) is 0.0244. The molecule has 0 bridgehead atoms. The van der Waals surface area contributed by atoms with Crippen molar-refractivity contribution in [2.24, 2.45) is 0 Å². The molecule has 0 fully saturated rings. The number of hydrogen-bond acceptors (Lipinski definition) is 5. The summed E-state index contributed by atoms with van der Waals surface area (Å²) < 4.78 is 23.6. The smallest absolute Gasteiger partial charge is 0.387 e. The number of rotatable bonds is 42. The van der Waals surface area contributed by atoms with E-state index in [9.17, 15) is 19.4 Å². The van der Waals surface area contributed by atoms with Gasteiger partial charge in [-0.15, -0.1) is 0 Å². The van der Waals surface area contributed by atoms with Crippen LogP contribution in [0.25, 0.3) is 0 Å². The van der Waals surface area contributed by atoms with Crippen LogP contribution in [0.15, 0.2) is 97.2 Å². The van der Waals surface area contributed by atoms with Crippen LogP contribution in [0.4, 0.5) is 0 Å². The van der Waals surface area contributed by atoms with Gasteiger partial charge in [-0.05, 0) is 83.5 Å². The van der Waals surface area contributed by atoms with Crippen molar-refractivity contribution in [3.05, 3.63) is 97.2 Å². The summed E-state index contributed by atoms with van der Waals surface area (Å²) in [5, 5.41) is 13.8. The van der Waals surface area contributed by atoms with Crippen molar-refractivity contribution in [3.63, 3.8) is 0 Å². The highest BCUT2D eigenvalue weighted by Crippen LogP contribution is 2.43. The largest absolute Gasteiger partial charge is 0.472 e. The summed E-state index contributed by atoms with van der Waals surface area (Å²) in [4.78, 5) is 23.2. The van der Waals surface area contributed by atoms with Crippen molar-refractivity contribution >= 4 is 13.7 Å². The number of phosphoric ester groups is 1. The maximum absolute atomic E-state index is 12.9. The monoisotopic (exact) mass is 872 g/mol. The molecule has 9 heteroatoms. The highest BCUT2D eigenvalue weighted by atomic mass is 31.2. The Kier molecular flexibility index (Phi) is 40.9. The predicted octanol–water partition coefficient (Wildman–Crippen LogP) is 13.9. The number of aliphatic hydroxyl groups is 1. The SMILES string of the molecule is CC/C=C\C/C=C\C/C=C\C/C=C\C/C=C\C/C=C\CCCCCCCCC(=O)NC(COP(=O)(O)OCC[N+](C)(C)C)C(O)/C=C/CC/C=C/CCCCCCCCCC. The molecule has 350 valence electrons. The number of unbranched alkanes of at least 4 members (excludes halogenated alkanes) is 15. The summed E-state index contributed by atoms with van der Waals surface area (Å²) in [7, 11) is 1.53. The van der Waals surface area contributed by atoms with Gasteiger partial charge in [0.15, 0.2) is 0 Å². The molecule has 0 aliphatic carbocycles. The van der Waals surface area contributed by atoms with E-state index in [1.807, 2.05) is 27.2 Å². The van der Waals surface area contributed by atoms with Gasteiger partial charge in [-0.25, -0.2) is 4.57 Å². The van der Waals surface area contributed by atoms with Gasteiger partial charge in [-0.2, -0.15) is 0 Å². The first-order valence-corrected chi connectivity index (χ1v) is 25.6. The number of phosphoric acid groups is 1. The number of allylic oxidation sites excluding steroid dienone is 15. The van der Waals surface area contributed by atoms with E-state index in [1.54, 1.807) is 6.08 Å². The van der Waals surface area contributed by atoms with Gasteiger partial charge in [0.2, 0.25) is 5.91 Å².